The number of carbonyl (C=O) groups excluding carboxylic acids is 1. The maximum atomic E-state index is 12.7. The summed E-state index contributed by atoms with van der Waals surface area (Å²) in [5, 5.41) is 0. The van der Waals surface area contributed by atoms with E-state index in [4.69, 9.17) is 5.73 Å². The van der Waals surface area contributed by atoms with Crippen molar-refractivity contribution in [2.75, 3.05) is 18.8 Å². The number of rotatable bonds is 9. The number of benzene rings is 1. The standard InChI is InChI=1S/C18H30N2O/c1-4-6-8-12-20(13-9-7-5-2)18(21)16-11-10-15(3)17(19)14-16/h10-11,14H,4-9,12-13,19H2,1-3H3. The van der Waals surface area contributed by atoms with E-state index in [1.54, 1.807) is 0 Å². The Hall–Kier alpha value is -1.51. The predicted octanol–water partition coefficient (Wildman–Crippen LogP) is 4.40. The quantitative estimate of drug-likeness (QED) is 0.541. The molecule has 0 saturated carbocycles. The lowest BCUT2D eigenvalue weighted by Gasteiger charge is -2.23. The van der Waals surface area contributed by atoms with Crippen LogP contribution in [-0.2, 0) is 0 Å². The van der Waals surface area contributed by atoms with Crippen LogP contribution < -0.4 is 5.73 Å². The van der Waals surface area contributed by atoms with Crippen molar-refractivity contribution in [3.05, 3.63) is 29.3 Å². The molecule has 0 aromatic heterocycles. The second-order valence-electron chi connectivity index (χ2n) is 5.78. The second-order valence-corrected chi connectivity index (χ2v) is 5.78. The molecular weight excluding hydrogens is 260 g/mol. The maximum Gasteiger partial charge on any atom is 0.253 e. The molecule has 21 heavy (non-hydrogen) atoms. The molecule has 0 spiro atoms. The van der Waals surface area contributed by atoms with Crippen LogP contribution in [0.25, 0.3) is 0 Å². The minimum atomic E-state index is 0.119. The highest BCUT2D eigenvalue weighted by Gasteiger charge is 2.15. The van der Waals surface area contributed by atoms with E-state index in [2.05, 4.69) is 13.8 Å². The van der Waals surface area contributed by atoms with Crippen molar-refractivity contribution in [3.8, 4) is 0 Å². The number of aryl methyl sites for hydroxylation is 1. The van der Waals surface area contributed by atoms with Crippen LogP contribution in [0.1, 0.15) is 68.3 Å². The van der Waals surface area contributed by atoms with E-state index >= 15 is 0 Å². The van der Waals surface area contributed by atoms with E-state index < -0.39 is 0 Å². The fraction of sp³-hybridized carbons (Fsp3) is 0.611. The number of hydrogen-bond acceptors (Lipinski definition) is 2. The van der Waals surface area contributed by atoms with Crippen LogP contribution in [0.3, 0.4) is 0 Å². The lowest BCUT2D eigenvalue weighted by atomic mass is 10.1. The number of nitrogens with zero attached hydrogens (tertiary/aromatic N) is 1. The largest absolute Gasteiger partial charge is 0.398 e. The molecule has 0 unspecified atom stereocenters. The third kappa shape index (κ3) is 5.78. The molecule has 118 valence electrons. The van der Waals surface area contributed by atoms with Crippen LogP contribution in [0, 0.1) is 6.92 Å². The molecule has 0 bridgehead atoms. The Morgan fingerprint density at radius 2 is 1.62 bits per heavy atom. The molecule has 2 N–H and O–H groups in total. The van der Waals surface area contributed by atoms with E-state index in [-0.39, 0.29) is 5.91 Å². The van der Waals surface area contributed by atoms with Gasteiger partial charge in [-0.15, -0.1) is 0 Å². The van der Waals surface area contributed by atoms with E-state index in [0.29, 0.717) is 11.3 Å². The van der Waals surface area contributed by atoms with Crippen LogP contribution in [0.5, 0.6) is 0 Å². The first-order valence-corrected chi connectivity index (χ1v) is 8.25. The van der Waals surface area contributed by atoms with Gasteiger partial charge in [-0.2, -0.15) is 0 Å². The van der Waals surface area contributed by atoms with Gasteiger partial charge < -0.3 is 10.6 Å². The molecule has 0 aliphatic heterocycles. The van der Waals surface area contributed by atoms with Gasteiger partial charge in [0, 0.05) is 24.3 Å². The van der Waals surface area contributed by atoms with Crippen molar-refractivity contribution in [2.45, 2.75) is 59.3 Å². The van der Waals surface area contributed by atoms with Crippen molar-refractivity contribution < 1.29 is 4.79 Å². The summed E-state index contributed by atoms with van der Waals surface area (Å²) >= 11 is 0. The molecule has 1 amide bonds. The maximum absolute atomic E-state index is 12.7. The predicted molar refractivity (Wildman–Crippen MR) is 90.5 cm³/mol. The van der Waals surface area contributed by atoms with Crippen LogP contribution in [0.2, 0.25) is 0 Å². The van der Waals surface area contributed by atoms with Crippen molar-refractivity contribution in [2.24, 2.45) is 0 Å². The number of anilines is 1. The molecule has 0 heterocycles. The average Bonchev–Trinajstić information content (AvgIpc) is 2.48. The molecule has 0 fully saturated rings. The summed E-state index contributed by atoms with van der Waals surface area (Å²) in [6, 6.07) is 5.63. The lowest BCUT2D eigenvalue weighted by Crippen LogP contribution is -2.33. The van der Waals surface area contributed by atoms with Gasteiger partial charge >= 0.3 is 0 Å². The lowest BCUT2D eigenvalue weighted by molar-refractivity contribution is 0.0749. The Kier molecular flexibility index (Phi) is 7.88. The third-order valence-corrected chi connectivity index (χ3v) is 3.88. The van der Waals surface area contributed by atoms with Crippen molar-refractivity contribution in [1.29, 1.82) is 0 Å². The summed E-state index contributed by atoms with van der Waals surface area (Å²) < 4.78 is 0. The Balaban J connectivity index is 2.73. The van der Waals surface area contributed by atoms with E-state index in [1.165, 1.54) is 25.7 Å². The topological polar surface area (TPSA) is 46.3 Å². The van der Waals surface area contributed by atoms with Gasteiger partial charge in [0.25, 0.3) is 5.91 Å². The highest BCUT2D eigenvalue weighted by atomic mass is 16.2. The number of nitrogens with two attached hydrogens (primary N) is 1. The summed E-state index contributed by atoms with van der Waals surface area (Å²) in [6.07, 6.45) is 6.86. The Bertz CT molecular complexity index is 433. The molecule has 3 heteroatoms. The first kappa shape index (κ1) is 17.5. The van der Waals surface area contributed by atoms with E-state index in [9.17, 15) is 4.79 Å². The first-order valence-electron chi connectivity index (χ1n) is 8.25. The fourth-order valence-electron chi connectivity index (χ4n) is 2.38. The van der Waals surface area contributed by atoms with Gasteiger partial charge in [0.15, 0.2) is 0 Å². The third-order valence-electron chi connectivity index (χ3n) is 3.88. The van der Waals surface area contributed by atoms with E-state index in [0.717, 1.165) is 31.5 Å². The van der Waals surface area contributed by atoms with Gasteiger partial charge in [0.2, 0.25) is 0 Å². The fourth-order valence-corrected chi connectivity index (χ4v) is 2.38. The average molecular weight is 290 g/mol. The molecule has 1 rings (SSSR count). The summed E-state index contributed by atoms with van der Waals surface area (Å²) in [4.78, 5) is 14.7. The van der Waals surface area contributed by atoms with E-state index in [1.807, 2.05) is 30.0 Å². The Morgan fingerprint density at radius 3 is 2.10 bits per heavy atom. The number of amides is 1. The minimum absolute atomic E-state index is 0.119. The highest BCUT2D eigenvalue weighted by Crippen LogP contribution is 2.16. The molecule has 0 saturated heterocycles. The van der Waals surface area contributed by atoms with Crippen LogP contribution in [0.4, 0.5) is 5.69 Å². The Labute approximate surface area is 129 Å². The smallest absolute Gasteiger partial charge is 0.253 e. The van der Waals surface area contributed by atoms with Crippen LogP contribution >= 0.6 is 0 Å². The molecule has 1 aromatic carbocycles. The molecule has 3 nitrogen and oxygen atoms in total. The number of unbranched alkanes of at least 4 members (excludes halogenated alkanes) is 4. The monoisotopic (exact) mass is 290 g/mol. The zero-order valence-electron chi connectivity index (χ0n) is 13.8. The van der Waals surface area contributed by atoms with Gasteiger partial charge in [0.05, 0.1) is 0 Å². The Morgan fingerprint density at radius 1 is 1.05 bits per heavy atom. The van der Waals surface area contributed by atoms with Crippen molar-refractivity contribution in [3.63, 3.8) is 0 Å². The minimum Gasteiger partial charge on any atom is -0.398 e. The molecule has 0 aliphatic rings. The van der Waals surface area contributed by atoms with Gasteiger partial charge in [-0.3, -0.25) is 4.79 Å². The molecule has 0 atom stereocenters. The zero-order chi connectivity index (χ0) is 15.7. The summed E-state index contributed by atoms with van der Waals surface area (Å²) in [5.41, 5.74) is 8.37. The van der Waals surface area contributed by atoms with Crippen LogP contribution in [0.15, 0.2) is 18.2 Å². The van der Waals surface area contributed by atoms with Gasteiger partial charge in [-0.25, -0.2) is 0 Å². The van der Waals surface area contributed by atoms with Crippen molar-refractivity contribution in [1.82, 2.24) is 4.90 Å². The first-order chi connectivity index (χ1) is 10.1. The molecule has 0 aliphatic carbocycles. The second kappa shape index (κ2) is 9.43. The number of nitrogen functional groups attached to an aromatic ring is 1. The summed E-state index contributed by atoms with van der Waals surface area (Å²) in [5.74, 6) is 0.119. The zero-order valence-corrected chi connectivity index (χ0v) is 13.8. The van der Waals surface area contributed by atoms with Crippen LogP contribution in [-0.4, -0.2) is 23.9 Å². The highest BCUT2D eigenvalue weighted by molar-refractivity contribution is 5.95. The molecular formula is C18H30N2O. The normalized spacial score (nSPS) is 10.6. The molecule has 1 aromatic rings. The van der Waals surface area contributed by atoms with Gasteiger partial charge in [-0.05, 0) is 37.5 Å². The summed E-state index contributed by atoms with van der Waals surface area (Å²) in [6.45, 7) is 8.03. The van der Waals surface area contributed by atoms with Gasteiger partial charge in [0.1, 0.15) is 0 Å². The SMILES string of the molecule is CCCCCN(CCCCC)C(=O)c1ccc(C)c(N)c1. The summed E-state index contributed by atoms with van der Waals surface area (Å²) in [7, 11) is 0. The van der Waals surface area contributed by atoms with Crippen molar-refractivity contribution >= 4 is 11.6 Å². The number of carbonyl (C=O) groups is 1. The molecule has 0 radical (unpaired) electrons. The van der Waals surface area contributed by atoms with Gasteiger partial charge in [-0.1, -0.05) is 45.6 Å². The number of hydrogen-bond donors (Lipinski definition) is 1.